The Labute approximate surface area is 156 Å². The SMILES string of the molecule is COc1cc(O)c2c(c1)[C@H]1O[C@@H]1CC(O)[C@H](O)C(=O)CCC[C@H](C)OC2=O. The maximum absolute atomic E-state index is 12.6. The predicted molar refractivity (Wildman–Crippen MR) is 92.6 cm³/mol. The van der Waals surface area contributed by atoms with E-state index in [4.69, 9.17) is 14.2 Å². The van der Waals surface area contributed by atoms with Crippen molar-refractivity contribution in [3.63, 3.8) is 0 Å². The summed E-state index contributed by atoms with van der Waals surface area (Å²) >= 11 is 0. The van der Waals surface area contributed by atoms with Crippen LogP contribution in [0.2, 0.25) is 0 Å². The van der Waals surface area contributed by atoms with Crippen LogP contribution < -0.4 is 4.74 Å². The lowest BCUT2D eigenvalue weighted by atomic mass is 9.95. The van der Waals surface area contributed by atoms with Gasteiger partial charge in [-0.25, -0.2) is 4.79 Å². The summed E-state index contributed by atoms with van der Waals surface area (Å²) in [6.07, 6.45) is -3.38. The topological polar surface area (TPSA) is 126 Å². The smallest absolute Gasteiger partial charge is 0.342 e. The van der Waals surface area contributed by atoms with Crippen molar-refractivity contribution < 1.29 is 39.1 Å². The van der Waals surface area contributed by atoms with Gasteiger partial charge in [-0.2, -0.15) is 0 Å². The molecule has 1 aromatic rings. The molecule has 0 saturated carbocycles. The summed E-state index contributed by atoms with van der Waals surface area (Å²) in [5, 5.41) is 30.5. The molecule has 2 aliphatic heterocycles. The van der Waals surface area contributed by atoms with E-state index in [-0.39, 0.29) is 24.2 Å². The standard InChI is InChI=1S/C19H24O8/c1-9-4-3-5-12(20)17(23)14(22)8-15-18(27-15)11-6-10(25-2)7-13(21)16(11)19(24)26-9/h6-7,9,14-15,17-18,21-23H,3-5,8H2,1-2H3/t9-,14?,15+,17+,18+/m0/s1. The summed E-state index contributed by atoms with van der Waals surface area (Å²) in [6, 6.07) is 2.90. The number of esters is 1. The van der Waals surface area contributed by atoms with Crippen molar-refractivity contribution in [3.05, 3.63) is 23.3 Å². The molecule has 1 saturated heterocycles. The highest BCUT2D eigenvalue weighted by Crippen LogP contribution is 2.46. The second-order valence-electron chi connectivity index (χ2n) is 7.03. The van der Waals surface area contributed by atoms with Crippen LogP contribution in [-0.2, 0) is 14.3 Å². The maximum Gasteiger partial charge on any atom is 0.342 e. The molecule has 148 valence electrons. The number of aliphatic hydroxyl groups is 2. The summed E-state index contributed by atoms with van der Waals surface area (Å²) in [5.41, 5.74) is 0.387. The molecule has 27 heavy (non-hydrogen) atoms. The number of ether oxygens (including phenoxy) is 3. The normalized spacial score (nSPS) is 31.9. The monoisotopic (exact) mass is 380 g/mol. The lowest BCUT2D eigenvalue weighted by Crippen LogP contribution is -2.35. The first-order valence-electron chi connectivity index (χ1n) is 8.98. The van der Waals surface area contributed by atoms with Crippen molar-refractivity contribution >= 4 is 11.8 Å². The third kappa shape index (κ3) is 4.23. The summed E-state index contributed by atoms with van der Waals surface area (Å²) in [5.74, 6) is -1.07. The second kappa shape index (κ2) is 7.84. The second-order valence-corrected chi connectivity index (χ2v) is 7.03. The largest absolute Gasteiger partial charge is 0.507 e. The molecule has 1 unspecified atom stereocenters. The van der Waals surface area contributed by atoms with Crippen LogP contribution in [0.15, 0.2) is 12.1 Å². The van der Waals surface area contributed by atoms with E-state index >= 15 is 0 Å². The van der Waals surface area contributed by atoms with Crippen LogP contribution in [0, 0.1) is 0 Å². The number of methoxy groups -OCH3 is 1. The van der Waals surface area contributed by atoms with Crippen molar-refractivity contribution in [2.45, 2.75) is 63.1 Å². The van der Waals surface area contributed by atoms with Crippen molar-refractivity contribution in [2.75, 3.05) is 7.11 Å². The Morgan fingerprint density at radius 2 is 1.96 bits per heavy atom. The van der Waals surface area contributed by atoms with Gasteiger partial charge >= 0.3 is 5.97 Å². The zero-order valence-electron chi connectivity index (χ0n) is 15.3. The van der Waals surface area contributed by atoms with Crippen molar-refractivity contribution in [3.8, 4) is 11.5 Å². The number of phenolic OH excluding ortho intramolecular Hbond substituents is 1. The molecule has 0 bridgehead atoms. The molecule has 2 aliphatic rings. The number of epoxide rings is 1. The van der Waals surface area contributed by atoms with Crippen LogP contribution in [-0.4, -0.2) is 58.6 Å². The van der Waals surface area contributed by atoms with Crippen LogP contribution in [0.25, 0.3) is 0 Å². The number of carbonyl (C=O) groups excluding carboxylic acids is 2. The van der Waals surface area contributed by atoms with Crippen molar-refractivity contribution in [1.29, 1.82) is 0 Å². The highest BCUT2D eigenvalue weighted by molar-refractivity contribution is 5.95. The minimum atomic E-state index is -1.48. The molecule has 1 fully saturated rings. The van der Waals surface area contributed by atoms with E-state index in [0.717, 1.165) is 0 Å². The van der Waals surface area contributed by atoms with Gasteiger partial charge in [0.15, 0.2) is 5.78 Å². The number of ketones is 1. The lowest BCUT2D eigenvalue weighted by molar-refractivity contribution is -0.133. The van der Waals surface area contributed by atoms with Crippen LogP contribution >= 0.6 is 0 Å². The number of Topliss-reactive ketones (excluding diaryl/α,β-unsaturated/α-hetero) is 1. The molecule has 2 heterocycles. The molecule has 0 radical (unpaired) electrons. The first-order chi connectivity index (χ1) is 12.8. The number of fused-ring (bicyclic) bond motifs is 3. The van der Waals surface area contributed by atoms with Crippen LogP contribution in [0.5, 0.6) is 11.5 Å². The number of hydrogen-bond donors (Lipinski definition) is 3. The first kappa shape index (κ1) is 19.6. The molecule has 8 heteroatoms. The minimum Gasteiger partial charge on any atom is -0.507 e. The van der Waals surface area contributed by atoms with E-state index in [1.807, 2.05) is 0 Å². The maximum atomic E-state index is 12.6. The fourth-order valence-electron chi connectivity index (χ4n) is 3.38. The molecule has 8 nitrogen and oxygen atoms in total. The van der Waals surface area contributed by atoms with Gasteiger partial charge in [0.05, 0.1) is 25.4 Å². The van der Waals surface area contributed by atoms with E-state index in [0.29, 0.717) is 24.2 Å². The Morgan fingerprint density at radius 1 is 1.22 bits per heavy atom. The van der Waals surface area contributed by atoms with Crippen LogP contribution in [0.4, 0.5) is 0 Å². The van der Waals surface area contributed by atoms with Crippen LogP contribution in [0.1, 0.15) is 54.6 Å². The van der Waals surface area contributed by atoms with E-state index < -0.39 is 42.3 Å². The molecule has 1 aromatic carbocycles. The molecule has 0 spiro atoms. The van der Waals surface area contributed by atoms with Gasteiger partial charge in [-0.1, -0.05) is 0 Å². The van der Waals surface area contributed by atoms with Gasteiger partial charge in [-0.05, 0) is 25.8 Å². The molecule has 0 amide bonds. The van der Waals surface area contributed by atoms with Crippen molar-refractivity contribution in [1.82, 2.24) is 0 Å². The number of phenols is 1. The summed E-state index contributed by atoms with van der Waals surface area (Å²) < 4.78 is 16.1. The van der Waals surface area contributed by atoms with E-state index in [1.165, 1.54) is 13.2 Å². The number of aliphatic hydroxyl groups excluding tert-OH is 2. The van der Waals surface area contributed by atoms with Crippen LogP contribution in [0.3, 0.4) is 0 Å². The molecule has 0 aliphatic carbocycles. The molecule has 0 aromatic heterocycles. The summed E-state index contributed by atoms with van der Waals surface area (Å²) in [6.45, 7) is 1.69. The van der Waals surface area contributed by atoms with Crippen molar-refractivity contribution in [2.24, 2.45) is 0 Å². The quantitative estimate of drug-likeness (QED) is 0.491. The highest BCUT2D eigenvalue weighted by Gasteiger charge is 2.46. The Hall–Kier alpha value is -2.16. The van der Waals surface area contributed by atoms with Gasteiger partial charge < -0.3 is 29.5 Å². The number of benzene rings is 1. The Balaban J connectivity index is 1.95. The Bertz CT molecular complexity index is 731. The zero-order chi connectivity index (χ0) is 19.7. The van der Waals surface area contributed by atoms with Gasteiger partial charge in [0.1, 0.15) is 29.3 Å². The number of carbonyl (C=O) groups is 2. The minimum absolute atomic E-state index is 0.00155. The van der Waals surface area contributed by atoms with E-state index in [2.05, 4.69) is 0 Å². The number of rotatable bonds is 1. The van der Waals surface area contributed by atoms with E-state index in [1.54, 1.807) is 13.0 Å². The summed E-state index contributed by atoms with van der Waals surface area (Å²) in [7, 11) is 1.43. The van der Waals surface area contributed by atoms with Gasteiger partial charge in [0.25, 0.3) is 0 Å². The number of hydrogen-bond acceptors (Lipinski definition) is 8. The summed E-state index contributed by atoms with van der Waals surface area (Å²) in [4.78, 5) is 24.6. The fourth-order valence-corrected chi connectivity index (χ4v) is 3.38. The molecular formula is C19H24O8. The highest BCUT2D eigenvalue weighted by atomic mass is 16.6. The fraction of sp³-hybridized carbons (Fsp3) is 0.579. The zero-order valence-corrected chi connectivity index (χ0v) is 15.3. The van der Waals surface area contributed by atoms with Gasteiger partial charge in [-0.3, -0.25) is 4.79 Å². The van der Waals surface area contributed by atoms with E-state index in [9.17, 15) is 24.9 Å². The molecule has 3 N–H and O–H groups in total. The molecular weight excluding hydrogens is 356 g/mol. The predicted octanol–water partition coefficient (Wildman–Crippen LogP) is 1.25. The lowest BCUT2D eigenvalue weighted by Gasteiger charge is -2.19. The number of aromatic hydroxyl groups is 1. The Morgan fingerprint density at radius 3 is 2.67 bits per heavy atom. The third-order valence-corrected chi connectivity index (χ3v) is 4.96. The average Bonchev–Trinajstić information content (AvgIpc) is 3.38. The van der Waals surface area contributed by atoms with Gasteiger partial charge in [-0.15, -0.1) is 0 Å². The molecule has 5 atom stereocenters. The third-order valence-electron chi connectivity index (χ3n) is 4.96. The first-order valence-corrected chi connectivity index (χ1v) is 8.98. The average molecular weight is 380 g/mol. The van der Waals surface area contributed by atoms with Gasteiger partial charge in [0, 0.05) is 24.5 Å². The van der Waals surface area contributed by atoms with Gasteiger partial charge in [0.2, 0.25) is 0 Å². The molecule has 3 rings (SSSR count). The number of cyclic esters (lactones) is 1. The Kier molecular flexibility index (Phi) is 5.69.